The molecular formula is C18H23F3N4O2. The lowest BCUT2D eigenvalue weighted by atomic mass is 10.1. The molecule has 0 unspecified atom stereocenters. The van der Waals surface area contributed by atoms with Crippen molar-refractivity contribution in [3.8, 4) is 0 Å². The second-order valence-corrected chi connectivity index (χ2v) is 6.07. The Hall–Kier alpha value is -2.58. The Morgan fingerprint density at radius 3 is 2.26 bits per heavy atom. The third-order valence-electron chi connectivity index (χ3n) is 3.98. The fourth-order valence-corrected chi connectivity index (χ4v) is 2.68. The van der Waals surface area contributed by atoms with Gasteiger partial charge in [-0.15, -0.1) is 0 Å². The number of amides is 2. The number of nitrogens with one attached hydrogen (secondary N) is 2. The van der Waals surface area contributed by atoms with Crippen molar-refractivity contribution < 1.29 is 22.8 Å². The van der Waals surface area contributed by atoms with E-state index in [1.807, 2.05) is 6.92 Å². The lowest BCUT2D eigenvalue weighted by molar-refractivity contribution is -0.132. The van der Waals surface area contributed by atoms with Gasteiger partial charge < -0.3 is 10.6 Å². The second kappa shape index (κ2) is 9.38. The highest BCUT2D eigenvalue weighted by Gasteiger charge is 2.34. The third kappa shape index (κ3) is 5.97. The molecule has 0 radical (unpaired) electrons. The summed E-state index contributed by atoms with van der Waals surface area (Å²) in [5.41, 5.74) is 0.840. The molecule has 0 aliphatic carbocycles. The SMILES string of the molecule is CCNC(=NCCCCN1C(=O)c2ccccc2C1=O)NCCC(F)(F)F. The fraction of sp³-hybridized carbons (Fsp3) is 0.500. The summed E-state index contributed by atoms with van der Waals surface area (Å²) >= 11 is 0. The third-order valence-corrected chi connectivity index (χ3v) is 3.98. The van der Waals surface area contributed by atoms with Gasteiger partial charge in [0.15, 0.2) is 5.96 Å². The molecule has 2 rings (SSSR count). The van der Waals surface area contributed by atoms with Crippen molar-refractivity contribution in [1.29, 1.82) is 0 Å². The molecule has 2 N–H and O–H groups in total. The number of unbranched alkanes of at least 4 members (excludes halogenated alkanes) is 1. The lowest BCUT2D eigenvalue weighted by Crippen LogP contribution is -2.39. The number of hydrogen-bond donors (Lipinski definition) is 2. The number of rotatable bonds is 8. The van der Waals surface area contributed by atoms with Crippen molar-refractivity contribution in [2.45, 2.75) is 32.4 Å². The van der Waals surface area contributed by atoms with E-state index in [0.29, 0.717) is 49.6 Å². The van der Waals surface area contributed by atoms with E-state index in [-0.39, 0.29) is 18.4 Å². The summed E-state index contributed by atoms with van der Waals surface area (Å²) in [6.45, 7) is 2.78. The zero-order chi connectivity index (χ0) is 19.9. The summed E-state index contributed by atoms with van der Waals surface area (Å²) in [5, 5.41) is 5.52. The van der Waals surface area contributed by atoms with Gasteiger partial charge in [0.1, 0.15) is 0 Å². The van der Waals surface area contributed by atoms with Gasteiger partial charge in [-0.1, -0.05) is 12.1 Å². The van der Waals surface area contributed by atoms with E-state index in [0.717, 1.165) is 0 Å². The first-order valence-electron chi connectivity index (χ1n) is 8.87. The molecule has 9 heteroatoms. The maximum absolute atomic E-state index is 12.2. The standard InChI is InChI=1S/C18H23F3N4O2/c1-2-22-17(24-11-9-18(19,20)21)23-10-5-6-12-25-15(26)13-7-3-4-8-14(13)16(25)27/h3-4,7-8H,2,5-6,9-12H2,1H3,(H2,22,23,24). The summed E-state index contributed by atoms with van der Waals surface area (Å²) < 4.78 is 36.6. The molecule has 0 saturated heterocycles. The van der Waals surface area contributed by atoms with Crippen molar-refractivity contribution in [2.75, 3.05) is 26.2 Å². The summed E-state index contributed by atoms with van der Waals surface area (Å²) in [6.07, 6.45) is -3.98. The molecule has 1 heterocycles. The van der Waals surface area contributed by atoms with Crippen LogP contribution in [0.3, 0.4) is 0 Å². The summed E-state index contributed by atoms with van der Waals surface area (Å²) in [6, 6.07) is 6.71. The highest BCUT2D eigenvalue weighted by atomic mass is 19.4. The maximum atomic E-state index is 12.2. The van der Waals surface area contributed by atoms with Crippen molar-refractivity contribution >= 4 is 17.8 Å². The molecule has 1 aromatic carbocycles. The van der Waals surface area contributed by atoms with Crippen LogP contribution in [0.5, 0.6) is 0 Å². The smallest absolute Gasteiger partial charge is 0.357 e. The highest BCUT2D eigenvalue weighted by Crippen LogP contribution is 2.22. The average molecular weight is 384 g/mol. The zero-order valence-corrected chi connectivity index (χ0v) is 15.1. The number of benzene rings is 1. The number of aliphatic imine (C=N–C) groups is 1. The normalized spacial score (nSPS) is 14.5. The van der Waals surface area contributed by atoms with E-state index in [4.69, 9.17) is 0 Å². The first kappa shape index (κ1) is 20.7. The molecule has 148 valence electrons. The van der Waals surface area contributed by atoms with Crippen LogP contribution in [0.2, 0.25) is 0 Å². The summed E-state index contributed by atoms with van der Waals surface area (Å²) in [7, 11) is 0. The molecular weight excluding hydrogens is 361 g/mol. The molecule has 1 aliphatic heterocycles. The number of fused-ring (bicyclic) bond motifs is 1. The Bertz CT molecular complexity index is 669. The van der Waals surface area contributed by atoms with Gasteiger partial charge >= 0.3 is 6.18 Å². The van der Waals surface area contributed by atoms with Crippen molar-refractivity contribution in [1.82, 2.24) is 15.5 Å². The van der Waals surface area contributed by atoms with Crippen molar-refractivity contribution in [3.05, 3.63) is 35.4 Å². The highest BCUT2D eigenvalue weighted by molar-refractivity contribution is 6.21. The van der Waals surface area contributed by atoms with Gasteiger partial charge in [-0.05, 0) is 31.9 Å². The van der Waals surface area contributed by atoms with Crippen LogP contribution in [0.25, 0.3) is 0 Å². The van der Waals surface area contributed by atoms with Gasteiger partial charge in [-0.25, -0.2) is 0 Å². The second-order valence-electron chi connectivity index (χ2n) is 6.07. The van der Waals surface area contributed by atoms with Crippen LogP contribution in [0.4, 0.5) is 13.2 Å². The first-order valence-corrected chi connectivity index (χ1v) is 8.87. The van der Waals surface area contributed by atoms with Gasteiger partial charge in [-0.3, -0.25) is 19.5 Å². The van der Waals surface area contributed by atoms with E-state index < -0.39 is 12.6 Å². The molecule has 0 bridgehead atoms. The van der Waals surface area contributed by atoms with E-state index in [1.165, 1.54) is 4.90 Å². The zero-order valence-electron chi connectivity index (χ0n) is 15.1. The monoisotopic (exact) mass is 384 g/mol. The quantitative estimate of drug-likeness (QED) is 0.313. The fourth-order valence-electron chi connectivity index (χ4n) is 2.68. The minimum Gasteiger partial charge on any atom is -0.357 e. The van der Waals surface area contributed by atoms with Crippen LogP contribution in [-0.2, 0) is 0 Å². The van der Waals surface area contributed by atoms with Gasteiger partial charge in [-0.2, -0.15) is 13.2 Å². The lowest BCUT2D eigenvalue weighted by Gasteiger charge is -2.14. The number of carbonyl (C=O) groups excluding carboxylic acids is 2. The van der Waals surface area contributed by atoms with Crippen LogP contribution in [0, 0.1) is 0 Å². The van der Waals surface area contributed by atoms with Gasteiger partial charge in [0.25, 0.3) is 11.8 Å². The van der Waals surface area contributed by atoms with Crippen LogP contribution in [0.1, 0.15) is 46.9 Å². The van der Waals surface area contributed by atoms with E-state index in [1.54, 1.807) is 24.3 Å². The summed E-state index contributed by atoms with van der Waals surface area (Å²) in [5.74, 6) is -0.259. The van der Waals surface area contributed by atoms with Gasteiger partial charge in [0.2, 0.25) is 0 Å². The molecule has 0 aromatic heterocycles. The molecule has 1 aromatic rings. The molecule has 0 atom stereocenters. The Labute approximate surface area is 155 Å². The van der Waals surface area contributed by atoms with Crippen molar-refractivity contribution in [2.24, 2.45) is 4.99 Å². The number of nitrogens with zero attached hydrogens (tertiary/aromatic N) is 2. The summed E-state index contributed by atoms with van der Waals surface area (Å²) in [4.78, 5) is 29.9. The predicted octanol–water partition coefficient (Wildman–Crippen LogP) is 2.57. The Morgan fingerprint density at radius 1 is 1.07 bits per heavy atom. The minimum atomic E-state index is -4.21. The average Bonchev–Trinajstić information content (AvgIpc) is 2.85. The Morgan fingerprint density at radius 2 is 1.70 bits per heavy atom. The van der Waals surface area contributed by atoms with E-state index in [9.17, 15) is 22.8 Å². The molecule has 27 heavy (non-hydrogen) atoms. The molecule has 2 amide bonds. The van der Waals surface area contributed by atoms with Crippen molar-refractivity contribution in [3.63, 3.8) is 0 Å². The number of halogens is 3. The number of hydrogen-bond acceptors (Lipinski definition) is 3. The van der Waals surface area contributed by atoms with Crippen LogP contribution in [-0.4, -0.2) is 55.0 Å². The first-order chi connectivity index (χ1) is 12.8. The van der Waals surface area contributed by atoms with Gasteiger partial charge in [0.05, 0.1) is 17.5 Å². The van der Waals surface area contributed by atoms with E-state index in [2.05, 4.69) is 15.6 Å². The van der Waals surface area contributed by atoms with Crippen LogP contribution in [0.15, 0.2) is 29.3 Å². The molecule has 0 saturated carbocycles. The largest absolute Gasteiger partial charge is 0.390 e. The Balaban J connectivity index is 1.76. The van der Waals surface area contributed by atoms with E-state index >= 15 is 0 Å². The number of imide groups is 1. The predicted molar refractivity (Wildman–Crippen MR) is 95.7 cm³/mol. The van der Waals surface area contributed by atoms with Crippen LogP contribution >= 0.6 is 0 Å². The molecule has 6 nitrogen and oxygen atoms in total. The molecule has 0 spiro atoms. The van der Waals surface area contributed by atoms with Gasteiger partial charge in [0, 0.05) is 26.2 Å². The maximum Gasteiger partial charge on any atom is 0.390 e. The molecule has 0 fully saturated rings. The number of guanidine groups is 1. The molecule has 1 aliphatic rings. The number of carbonyl (C=O) groups is 2. The number of alkyl halides is 3. The van der Waals surface area contributed by atoms with Crippen LogP contribution < -0.4 is 10.6 Å². The minimum absolute atomic E-state index is 0.246. The topological polar surface area (TPSA) is 73.8 Å². The Kier molecular flexibility index (Phi) is 7.20.